The molecule has 4 aromatic carbocycles. The number of carbonyl (C=O) groups excluding carboxylic acids is 2. The van der Waals surface area contributed by atoms with Crippen LogP contribution in [0.5, 0.6) is 34.5 Å². The van der Waals surface area contributed by atoms with E-state index in [0.29, 0.717) is 144 Å². The van der Waals surface area contributed by atoms with Gasteiger partial charge in [-0.15, -0.1) is 6.42 Å². The van der Waals surface area contributed by atoms with Crippen molar-refractivity contribution in [3.05, 3.63) is 107 Å². The zero-order chi connectivity index (χ0) is 52.2. The van der Waals surface area contributed by atoms with E-state index in [9.17, 15) is 9.59 Å². The third-order valence-electron chi connectivity index (χ3n) is 12.6. The van der Waals surface area contributed by atoms with Crippen LogP contribution < -0.4 is 33.7 Å². The Balaban J connectivity index is 0.733. The Hall–Kier alpha value is -7.24. The highest BCUT2D eigenvalue weighted by Crippen LogP contribution is 2.42. The summed E-state index contributed by atoms with van der Waals surface area (Å²) >= 11 is 0. The average molecular weight is 1030 g/mol. The topological polar surface area (TPSA) is 179 Å². The molecule has 396 valence electrons. The van der Waals surface area contributed by atoms with Crippen LogP contribution in [-0.4, -0.2) is 166 Å². The number of amides is 2. The lowest BCUT2D eigenvalue weighted by atomic mass is 10.0. The van der Waals surface area contributed by atoms with Crippen molar-refractivity contribution in [3.63, 3.8) is 0 Å². The van der Waals surface area contributed by atoms with Gasteiger partial charge in [0.05, 0.1) is 142 Å². The van der Waals surface area contributed by atoms with E-state index in [1.165, 1.54) is 14.2 Å². The van der Waals surface area contributed by atoms with E-state index in [1.54, 1.807) is 47.4 Å². The van der Waals surface area contributed by atoms with E-state index in [-0.39, 0.29) is 37.1 Å². The van der Waals surface area contributed by atoms with Crippen molar-refractivity contribution in [1.29, 1.82) is 0 Å². The molecule has 2 atom stereocenters. The Bertz CT molecular complexity index is 2720. The Morgan fingerprint density at radius 2 is 0.973 bits per heavy atom. The highest BCUT2D eigenvalue weighted by Gasteiger charge is 2.35. The van der Waals surface area contributed by atoms with Crippen molar-refractivity contribution in [2.45, 2.75) is 31.3 Å². The van der Waals surface area contributed by atoms with Crippen LogP contribution in [0.2, 0.25) is 0 Å². The molecule has 0 radical (unpaired) electrons. The first-order chi connectivity index (χ1) is 36.9. The molecule has 4 aliphatic rings. The summed E-state index contributed by atoms with van der Waals surface area (Å²) in [5, 5.41) is 3.06. The monoisotopic (exact) mass is 1030 g/mol. The lowest BCUT2D eigenvalue weighted by Crippen LogP contribution is -2.32. The number of benzene rings is 4. The standard InChI is InChI=1S/C57H65N5O13/c1-5-15-58-16-19-68-20-21-69-22-23-70-24-25-71-26-27-72-28-29-73-47-13-9-41(10-14-47)43-31-45-37-60-51-35-55(53(67-4)33-49(51)57(64)62(45)39-43)75-18-6-17-74-54-34-50-48(32-52(54)66-3)56(63)61-38-42(30-44(61)36-59-50)40-7-11-46(65-2)12-8-40/h1,7-14,32-39,44-45,58H,6,15-31H2,2-4H3. The molecular weight excluding hydrogens is 963 g/mol. The Kier molecular flexibility index (Phi) is 20.1. The van der Waals surface area contributed by atoms with Gasteiger partial charge in [0.15, 0.2) is 23.0 Å². The second kappa shape index (κ2) is 27.9. The maximum atomic E-state index is 14.0. The minimum atomic E-state index is -0.257. The molecule has 75 heavy (non-hydrogen) atoms. The first kappa shape index (κ1) is 54.0. The van der Waals surface area contributed by atoms with E-state index in [4.69, 9.17) is 68.5 Å². The molecule has 18 heteroatoms. The molecule has 0 saturated heterocycles. The molecule has 18 nitrogen and oxygen atoms in total. The maximum Gasteiger partial charge on any atom is 0.260 e. The van der Waals surface area contributed by atoms with Crippen LogP contribution in [-0.2, 0) is 23.7 Å². The van der Waals surface area contributed by atoms with Crippen molar-refractivity contribution in [1.82, 2.24) is 15.1 Å². The molecule has 0 aliphatic carbocycles. The second-order valence-electron chi connectivity index (χ2n) is 17.5. The number of rotatable bonds is 31. The van der Waals surface area contributed by atoms with Crippen LogP contribution in [0.15, 0.2) is 95.2 Å². The van der Waals surface area contributed by atoms with Crippen LogP contribution in [0.25, 0.3) is 11.1 Å². The molecule has 4 heterocycles. The van der Waals surface area contributed by atoms with Gasteiger partial charge in [-0.1, -0.05) is 30.2 Å². The predicted octanol–water partition coefficient (Wildman–Crippen LogP) is 7.19. The van der Waals surface area contributed by atoms with Crippen LogP contribution in [0.4, 0.5) is 11.4 Å². The smallest absolute Gasteiger partial charge is 0.260 e. The third kappa shape index (κ3) is 14.5. The van der Waals surface area contributed by atoms with Crippen LogP contribution in [0.3, 0.4) is 0 Å². The van der Waals surface area contributed by atoms with Gasteiger partial charge in [0, 0.05) is 62.8 Å². The minimum absolute atomic E-state index is 0.166. The molecule has 4 aliphatic heterocycles. The fourth-order valence-corrected chi connectivity index (χ4v) is 8.64. The lowest BCUT2D eigenvalue weighted by molar-refractivity contribution is -0.0124. The zero-order valence-electron chi connectivity index (χ0n) is 42.8. The summed E-state index contributed by atoms with van der Waals surface area (Å²) < 4.78 is 62.6. The lowest BCUT2D eigenvalue weighted by Gasteiger charge is -2.19. The summed E-state index contributed by atoms with van der Waals surface area (Å²) in [6, 6.07) is 22.0. The molecule has 0 aromatic heterocycles. The van der Waals surface area contributed by atoms with Gasteiger partial charge in [-0.3, -0.25) is 19.6 Å². The second-order valence-corrected chi connectivity index (χ2v) is 17.5. The van der Waals surface area contributed by atoms with Gasteiger partial charge in [0.25, 0.3) is 11.8 Å². The van der Waals surface area contributed by atoms with E-state index >= 15 is 0 Å². The fraction of sp³-hybridized carbons (Fsp3) is 0.404. The summed E-state index contributed by atoms with van der Waals surface area (Å²) in [4.78, 5) is 40.8. The van der Waals surface area contributed by atoms with Crippen molar-refractivity contribution >= 4 is 46.8 Å². The molecule has 0 bridgehead atoms. The number of fused-ring (bicyclic) bond motifs is 4. The number of methoxy groups -OCH3 is 3. The van der Waals surface area contributed by atoms with Crippen molar-refractivity contribution in [2.24, 2.45) is 9.98 Å². The zero-order valence-corrected chi connectivity index (χ0v) is 42.8. The normalized spacial score (nSPS) is 16.2. The minimum Gasteiger partial charge on any atom is -0.497 e. The van der Waals surface area contributed by atoms with Crippen LogP contribution in [0, 0.1) is 12.3 Å². The highest BCUT2D eigenvalue weighted by atomic mass is 16.6. The number of hydrogen-bond acceptors (Lipinski definition) is 16. The molecule has 8 rings (SSSR count). The third-order valence-corrected chi connectivity index (χ3v) is 12.6. The van der Waals surface area contributed by atoms with Gasteiger partial charge in [-0.25, -0.2) is 0 Å². The number of ether oxygens (including phenoxy) is 11. The Morgan fingerprint density at radius 1 is 0.533 bits per heavy atom. The quantitative estimate of drug-likeness (QED) is 0.0396. The van der Waals surface area contributed by atoms with Gasteiger partial charge in [-0.2, -0.15) is 0 Å². The van der Waals surface area contributed by atoms with E-state index in [0.717, 1.165) is 40.3 Å². The van der Waals surface area contributed by atoms with E-state index < -0.39 is 0 Å². The number of terminal acetylenes is 1. The van der Waals surface area contributed by atoms with Crippen molar-refractivity contribution in [2.75, 3.05) is 120 Å². The molecule has 0 spiro atoms. The van der Waals surface area contributed by atoms with Crippen molar-refractivity contribution < 1.29 is 61.7 Å². The van der Waals surface area contributed by atoms with Gasteiger partial charge in [0.1, 0.15) is 18.1 Å². The molecule has 0 fully saturated rings. The first-order valence-corrected chi connectivity index (χ1v) is 25.1. The first-order valence-electron chi connectivity index (χ1n) is 25.1. The molecule has 1 N–H and O–H groups in total. The predicted molar refractivity (Wildman–Crippen MR) is 284 cm³/mol. The average Bonchev–Trinajstić information content (AvgIpc) is 4.02. The van der Waals surface area contributed by atoms with E-state index in [1.807, 2.05) is 67.1 Å². The molecular formula is C57H65N5O13. The summed E-state index contributed by atoms with van der Waals surface area (Å²) in [5.41, 5.74) is 5.90. The van der Waals surface area contributed by atoms with Crippen LogP contribution >= 0.6 is 0 Å². The molecule has 2 unspecified atom stereocenters. The largest absolute Gasteiger partial charge is 0.497 e. The summed E-state index contributed by atoms with van der Waals surface area (Å²) in [7, 11) is 4.71. The summed E-state index contributed by atoms with van der Waals surface area (Å²) in [5.74, 6) is 5.41. The number of carbonyl (C=O) groups is 2. The number of nitrogens with one attached hydrogen (secondary N) is 1. The number of aliphatic imine (C=N–C) groups is 2. The fourth-order valence-electron chi connectivity index (χ4n) is 8.64. The van der Waals surface area contributed by atoms with E-state index in [2.05, 4.69) is 11.2 Å². The van der Waals surface area contributed by atoms with Gasteiger partial charge < -0.3 is 67.2 Å². The SMILES string of the molecule is C#CCNCCOCCOCCOCCOCCOCCOc1ccc(C2=CN3C(=O)c4cc(OC)c(OCCCOc5cc6c(cc5OC)C(=O)N5C=C(c7ccc(OC)cc7)CC5C=N6)cc4N=CC3C2)cc1. The number of nitrogens with zero attached hydrogens (tertiary/aromatic N) is 4. The van der Waals surface area contributed by atoms with Gasteiger partial charge in [0.2, 0.25) is 0 Å². The van der Waals surface area contributed by atoms with Crippen molar-refractivity contribution in [3.8, 4) is 46.8 Å². The molecule has 2 amide bonds. The Morgan fingerprint density at radius 3 is 1.41 bits per heavy atom. The van der Waals surface area contributed by atoms with Gasteiger partial charge >= 0.3 is 0 Å². The summed E-state index contributed by atoms with van der Waals surface area (Å²) in [6.45, 7) is 7.13. The Labute approximate surface area is 438 Å². The van der Waals surface area contributed by atoms with Gasteiger partial charge in [-0.05, 0) is 58.7 Å². The molecule has 0 saturated carbocycles. The number of hydrogen-bond donors (Lipinski definition) is 1. The van der Waals surface area contributed by atoms with Crippen LogP contribution in [0.1, 0.15) is 51.1 Å². The summed E-state index contributed by atoms with van der Waals surface area (Å²) in [6.07, 6.45) is 14.3. The maximum absolute atomic E-state index is 14.0. The highest BCUT2D eigenvalue weighted by molar-refractivity contribution is 6.06. The molecule has 4 aromatic rings.